The summed E-state index contributed by atoms with van der Waals surface area (Å²) in [5, 5.41) is 9.86. The molecule has 0 bridgehead atoms. The van der Waals surface area contributed by atoms with Crippen LogP contribution in [0.4, 0.5) is 38.1 Å². The number of nitrogens with one attached hydrogen (secondary N) is 2. The molecule has 0 aliphatic rings. The first-order chi connectivity index (χ1) is 17.4. The normalized spacial score (nSPS) is 10.4. The van der Waals surface area contributed by atoms with Gasteiger partial charge in [-0.05, 0) is 42.0 Å². The van der Waals surface area contributed by atoms with E-state index in [9.17, 15) is 14.0 Å². The van der Waals surface area contributed by atoms with Crippen molar-refractivity contribution in [1.82, 2.24) is 19.7 Å². The molecule has 0 fully saturated rings. The third-order valence-corrected chi connectivity index (χ3v) is 4.81. The fourth-order valence-corrected chi connectivity index (χ4v) is 3.21. The van der Waals surface area contributed by atoms with Crippen LogP contribution in [0.2, 0.25) is 0 Å². The fourth-order valence-electron chi connectivity index (χ4n) is 3.21. The summed E-state index contributed by atoms with van der Waals surface area (Å²) in [6, 6.07) is 15.6. The van der Waals surface area contributed by atoms with Crippen LogP contribution in [0.1, 0.15) is 5.56 Å². The molecule has 4 aromatic rings. The number of nitrogens with zero attached hydrogens (tertiary/aromatic N) is 5. The predicted molar refractivity (Wildman–Crippen MR) is 133 cm³/mol. The Morgan fingerprint density at radius 2 is 2.00 bits per heavy atom. The van der Waals surface area contributed by atoms with Crippen LogP contribution in [0.25, 0.3) is 0 Å². The first-order valence-corrected chi connectivity index (χ1v) is 10.8. The zero-order valence-corrected chi connectivity index (χ0v) is 19.3. The fraction of sp³-hybridized carbons (Fsp3) is 0.0800. The van der Waals surface area contributed by atoms with Gasteiger partial charge in [-0.3, -0.25) is 9.48 Å². The maximum atomic E-state index is 13.6. The van der Waals surface area contributed by atoms with Crippen LogP contribution in [-0.2, 0) is 23.2 Å². The van der Waals surface area contributed by atoms with Crippen molar-refractivity contribution in [3.63, 3.8) is 0 Å². The lowest BCUT2D eigenvalue weighted by atomic mass is 10.2. The molecule has 0 radical (unpaired) electrons. The summed E-state index contributed by atoms with van der Waals surface area (Å²) in [4.78, 5) is 34.9. The van der Waals surface area contributed by atoms with Gasteiger partial charge in [-0.1, -0.05) is 24.8 Å². The lowest BCUT2D eigenvalue weighted by Crippen LogP contribution is -2.28. The molecule has 0 aliphatic carbocycles. The van der Waals surface area contributed by atoms with E-state index in [1.165, 1.54) is 35.4 Å². The van der Waals surface area contributed by atoms with Crippen molar-refractivity contribution in [2.75, 3.05) is 15.5 Å². The minimum absolute atomic E-state index is 0.163. The summed E-state index contributed by atoms with van der Waals surface area (Å²) in [7, 11) is 1.77. The topological polar surface area (TPSA) is 114 Å². The number of aryl methyl sites for hydroxylation is 1. The highest BCUT2D eigenvalue weighted by Crippen LogP contribution is 2.28. The van der Waals surface area contributed by atoms with Crippen molar-refractivity contribution in [1.29, 1.82) is 0 Å². The summed E-state index contributed by atoms with van der Waals surface area (Å²) in [5.41, 5.74) is 1.28. The molecule has 2 heterocycles. The number of benzene rings is 2. The first-order valence-electron chi connectivity index (χ1n) is 10.8. The van der Waals surface area contributed by atoms with Crippen molar-refractivity contribution in [3.8, 4) is 0 Å². The second-order valence-corrected chi connectivity index (χ2v) is 7.50. The molecule has 0 unspecified atom stereocenters. The molecule has 4 rings (SSSR count). The number of halogens is 1. The highest BCUT2D eigenvalue weighted by Gasteiger charge is 2.22. The number of hydrogen-bond acceptors (Lipinski definition) is 7. The molecule has 0 spiro atoms. The third-order valence-electron chi connectivity index (χ3n) is 4.81. The highest BCUT2D eigenvalue weighted by molar-refractivity contribution is 6.00. The van der Waals surface area contributed by atoms with E-state index >= 15 is 0 Å². The van der Waals surface area contributed by atoms with Crippen molar-refractivity contribution in [2.24, 2.45) is 7.05 Å². The van der Waals surface area contributed by atoms with E-state index in [1.807, 2.05) is 0 Å². The van der Waals surface area contributed by atoms with E-state index in [0.717, 1.165) is 6.08 Å². The number of amides is 2. The second kappa shape index (κ2) is 10.9. The van der Waals surface area contributed by atoms with Gasteiger partial charge in [0.1, 0.15) is 18.2 Å². The maximum absolute atomic E-state index is 13.6. The molecule has 0 saturated carbocycles. The highest BCUT2D eigenvalue weighted by atomic mass is 19.1. The first kappa shape index (κ1) is 24.1. The molecule has 182 valence electrons. The van der Waals surface area contributed by atoms with Crippen LogP contribution in [-0.4, -0.2) is 31.7 Å². The molecule has 2 aromatic carbocycles. The zero-order chi connectivity index (χ0) is 25.5. The predicted octanol–water partition coefficient (Wildman–Crippen LogP) is 4.69. The van der Waals surface area contributed by atoms with Crippen LogP contribution >= 0.6 is 0 Å². The molecule has 0 atom stereocenters. The summed E-state index contributed by atoms with van der Waals surface area (Å²) < 4.78 is 20.7. The van der Waals surface area contributed by atoms with Crippen LogP contribution in [0, 0.1) is 5.82 Å². The van der Waals surface area contributed by atoms with Crippen LogP contribution in [0.15, 0.2) is 85.7 Å². The number of rotatable bonds is 8. The maximum Gasteiger partial charge on any atom is 0.420 e. The van der Waals surface area contributed by atoms with E-state index < -0.39 is 17.8 Å². The minimum Gasteiger partial charge on any atom is -0.444 e. The Hall–Kier alpha value is -5.06. The van der Waals surface area contributed by atoms with E-state index in [2.05, 4.69) is 32.3 Å². The molecular weight excluding hydrogens is 465 g/mol. The largest absolute Gasteiger partial charge is 0.444 e. The number of carbonyl (C=O) groups excluding carboxylic acids is 2. The molecule has 2 aromatic heterocycles. The van der Waals surface area contributed by atoms with Crippen molar-refractivity contribution in [2.45, 2.75) is 6.61 Å². The van der Waals surface area contributed by atoms with Gasteiger partial charge in [0.05, 0.1) is 5.69 Å². The van der Waals surface area contributed by atoms with Gasteiger partial charge in [0.2, 0.25) is 11.9 Å². The molecule has 0 saturated heterocycles. The Morgan fingerprint density at radius 3 is 2.75 bits per heavy atom. The van der Waals surface area contributed by atoms with E-state index in [4.69, 9.17) is 4.74 Å². The quantitative estimate of drug-likeness (QED) is 0.347. The minimum atomic E-state index is -0.769. The molecule has 10 nitrogen and oxygen atoms in total. The van der Waals surface area contributed by atoms with E-state index in [-0.39, 0.29) is 18.4 Å². The van der Waals surface area contributed by atoms with E-state index in [0.29, 0.717) is 22.8 Å². The Balaban J connectivity index is 1.65. The smallest absolute Gasteiger partial charge is 0.420 e. The summed E-state index contributed by atoms with van der Waals surface area (Å²) in [6.45, 7) is 3.28. The average Bonchev–Trinajstić information content (AvgIpc) is 3.27. The van der Waals surface area contributed by atoms with Crippen molar-refractivity contribution >= 4 is 41.0 Å². The van der Waals surface area contributed by atoms with Crippen LogP contribution < -0.4 is 15.5 Å². The third kappa shape index (κ3) is 6.08. The van der Waals surface area contributed by atoms with Gasteiger partial charge < -0.3 is 15.4 Å². The van der Waals surface area contributed by atoms with Gasteiger partial charge >= 0.3 is 6.09 Å². The zero-order valence-electron chi connectivity index (χ0n) is 19.3. The van der Waals surface area contributed by atoms with Crippen molar-refractivity contribution < 1.29 is 18.7 Å². The number of anilines is 5. The Morgan fingerprint density at radius 1 is 1.17 bits per heavy atom. The Labute approximate surface area is 206 Å². The summed E-state index contributed by atoms with van der Waals surface area (Å²) >= 11 is 0. The van der Waals surface area contributed by atoms with Gasteiger partial charge in [-0.2, -0.15) is 10.1 Å². The summed E-state index contributed by atoms with van der Waals surface area (Å²) in [5.74, 6) is 0.0671. The van der Waals surface area contributed by atoms with Crippen LogP contribution in [0.5, 0.6) is 0 Å². The van der Waals surface area contributed by atoms with E-state index in [1.54, 1.807) is 54.3 Å². The number of carbonyl (C=O) groups is 2. The number of aromatic nitrogens is 4. The molecule has 2 N–H and O–H groups in total. The molecule has 0 aliphatic heterocycles. The Kier molecular flexibility index (Phi) is 7.30. The van der Waals surface area contributed by atoms with Gasteiger partial charge in [0, 0.05) is 37.3 Å². The lowest BCUT2D eigenvalue weighted by molar-refractivity contribution is -0.111. The van der Waals surface area contributed by atoms with Gasteiger partial charge in [-0.25, -0.2) is 19.1 Å². The van der Waals surface area contributed by atoms with Gasteiger partial charge in [0.25, 0.3) is 0 Å². The number of ether oxygens (including phenoxy) is 1. The average molecular weight is 487 g/mol. The summed E-state index contributed by atoms with van der Waals surface area (Å²) in [6.07, 6.45) is 3.60. The standard InChI is InChI=1S/C25H22FN7O3/c1-3-23(34)28-19-8-5-9-20(15-19)33(25(35)36-16-17-6-4-7-18(26)14-17)22-10-12-27-24(30-22)29-21-11-13-32(2)31-21/h3-15H,1,16H2,2H3,(H,28,34)(H,27,29,30,31). The monoisotopic (exact) mass is 487 g/mol. The molecule has 36 heavy (non-hydrogen) atoms. The van der Waals surface area contributed by atoms with Gasteiger partial charge in [0.15, 0.2) is 5.82 Å². The SMILES string of the molecule is C=CC(=O)Nc1cccc(N(C(=O)OCc2cccc(F)c2)c2ccnc(Nc3ccn(C)n3)n2)c1. The lowest BCUT2D eigenvalue weighted by Gasteiger charge is -2.22. The van der Waals surface area contributed by atoms with Crippen molar-refractivity contribution in [3.05, 3.63) is 97.1 Å². The Bertz CT molecular complexity index is 1410. The van der Waals surface area contributed by atoms with Gasteiger partial charge in [-0.15, -0.1) is 0 Å². The molecular formula is C25H22FN7O3. The number of hydrogen-bond donors (Lipinski definition) is 2. The second-order valence-electron chi connectivity index (χ2n) is 7.50. The molecule has 2 amide bonds. The molecule has 11 heteroatoms. The van der Waals surface area contributed by atoms with Crippen LogP contribution in [0.3, 0.4) is 0 Å².